The molecule has 0 radical (unpaired) electrons. The first kappa shape index (κ1) is 28.8. The Morgan fingerprint density at radius 1 is 0.460 bits per heavy atom. The molecule has 7 aromatic carbocycles. The van der Waals surface area contributed by atoms with Crippen molar-refractivity contribution in [3.63, 3.8) is 0 Å². The number of aromatic nitrogens is 2. The van der Waals surface area contributed by atoms with E-state index < -0.39 is 0 Å². The zero-order chi connectivity index (χ0) is 33.8. The fourth-order valence-electron chi connectivity index (χ4n) is 7.38. The quantitative estimate of drug-likeness (QED) is 0.181. The Bertz CT molecular complexity index is 2920. The fourth-order valence-corrected chi connectivity index (χ4v) is 7.38. The predicted octanol–water partition coefficient (Wildman–Crippen LogP) is 11.5. The highest BCUT2D eigenvalue weighted by molar-refractivity contribution is 6.11. The van der Waals surface area contributed by atoms with Gasteiger partial charge < -0.3 is 9.13 Å². The van der Waals surface area contributed by atoms with E-state index in [2.05, 4.69) is 105 Å². The van der Waals surface area contributed by atoms with Gasteiger partial charge in [-0.05, 0) is 89.5 Å². The molecule has 0 atom stereocenters. The molecule has 2 aromatic heterocycles. The summed E-state index contributed by atoms with van der Waals surface area (Å²) in [5.41, 5.74) is 11.4. The monoisotopic (exact) mass is 635 g/mol. The normalized spacial score (nSPS) is 11.1. The molecule has 0 spiro atoms. The second kappa shape index (κ2) is 11.4. The molecular weight excluding hydrogens is 611 g/mol. The van der Waals surface area contributed by atoms with Gasteiger partial charge in [-0.15, -0.1) is 0 Å². The standard InChI is InChI=1S/C45H25N5/c1-48-40-20-19-33(49-41-14-5-2-11-34(41)35-12-3-6-15-42(35)49)26-37(40)31-9-8-10-32(25-31)38-23-29(27-46)17-21-44(38)50-43-16-7-4-13-36(43)39-24-30(28-47)18-22-45(39)50/h2-26H. The minimum atomic E-state index is 0.553. The molecule has 5 heteroatoms. The van der Waals surface area contributed by atoms with Crippen LogP contribution in [-0.4, -0.2) is 9.13 Å². The highest BCUT2D eigenvalue weighted by Gasteiger charge is 2.18. The van der Waals surface area contributed by atoms with Gasteiger partial charge in [0.05, 0.1) is 57.6 Å². The van der Waals surface area contributed by atoms with E-state index in [0.717, 1.165) is 66.5 Å². The molecule has 0 N–H and O–H groups in total. The van der Waals surface area contributed by atoms with Crippen LogP contribution in [0.3, 0.4) is 0 Å². The largest absolute Gasteiger partial charge is 0.309 e. The minimum Gasteiger partial charge on any atom is -0.309 e. The molecule has 0 fully saturated rings. The van der Waals surface area contributed by atoms with E-state index in [-0.39, 0.29) is 0 Å². The van der Waals surface area contributed by atoms with Crippen LogP contribution < -0.4 is 0 Å². The number of nitriles is 2. The van der Waals surface area contributed by atoms with Crippen molar-refractivity contribution in [2.24, 2.45) is 0 Å². The van der Waals surface area contributed by atoms with Crippen molar-refractivity contribution < 1.29 is 0 Å². The number of fused-ring (bicyclic) bond motifs is 6. The Labute approximate surface area is 288 Å². The summed E-state index contributed by atoms with van der Waals surface area (Å²) in [4.78, 5) is 3.94. The smallest absolute Gasteiger partial charge is 0.195 e. The molecule has 0 bridgehead atoms. The van der Waals surface area contributed by atoms with Crippen molar-refractivity contribution in [3.8, 4) is 45.8 Å². The summed E-state index contributed by atoms with van der Waals surface area (Å²) >= 11 is 0. The first-order valence-electron chi connectivity index (χ1n) is 16.3. The molecule has 0 aliphatic carbocycles. The number of benzene rings is 7. The fraction of sp³-hybridized carbons (Fsp3) is 0. The highest BCUT2D eigenvalue weighted by atomic mass is 15.0. The van der Waals surface area contributed by atoms with Crippen LogP contribution in [-0.2, 0) is 0 Å². The molecule has 0 unspecified atom stereocenters. The third-order valence-electron chi connectivity index (χ3n) is 9.59. The number of nitrogens with zero attached hydrogens (tertiary/aromatic N) is 5. The summed E-state index contributed by atoms with van der Waals surface area (Å²) < 4.78 is 4.47. The molecule has 9 aromatic rings. The van der Waals surface area contributed by atoms with Crippen molar-refractivity contribution >= 4 is 49.3 Å². The van der Waals surface area contributed by atoms with Crippen molar-refractivity contribution in [2.45, 2.75) is 0 Å². The van der Waals surface area contributed by atoms with Crippen LogP contribution in [0.15, 0.2) is 152 Å². The summed E-state index contributed by atoms with van der Waals surface area (Å²) in [5, 5.41) is 24.0. The van der Waals surface area contributed by atoms with E-state index in [1.54, 1.807) is 0 Å². The third-order valence-corrected chi connectivity index (χ3v) is 9.59. The van der Waals surface area contributed by atoms with Gasteiger partial charge in [0.1, 0.15) is 0 Å². The molecule has 0 aliphatic rings. The van der Waals surface area contributed by atoms with E-state index in [1.807, 2.05) is 72.8 Å². The van der Waals surface area contributed by atoms with Crippen LogP contribution in [0.2, 0.25) is 0 Å². The van der Waals surface area contributed by atoms with Crippen LogP contribution in [0.4, 0.5) is 5.69 Å². The van der Waals surface area contributed by atoms with Crippen molar-refractivity contribution in [2.75, 3.05) is 0 Å². The second-order valence-electron chi connectivity index (χ2n) is 12.3. The maximum Gasteiger partial charge on any atom is 0.195 e. The average Bonchev–Trinajstić information content (AvgIpc) is 3.70. The first-order chi connectivity index (χ1) is 24.7. The molecule has 9 rings (SSSR count). The molecule has 230 valence electrons. The van der Waals surface area contributed by atoms with Crippen LogP contribution >= 0.6 is 0 Å². The van der Waals surface area contributed by atoms with Gasteiger partial charge in [-0.1, -0.05) is 78.9 Å². The van der Waals surface area contributed by atoms with Crippen LogP contribution in [0.5, 0.6) is 0 Å². The van der Waals surface area contributed by atoms with Gasteiger partial charge in [-0.25, -0.2) is 4.85 Å². The number of hydrogen-bond donors (Lipinski definition) is 0. The number of hydrogen-bond acceptors (Lipinski definition) is 2. The molecule has 0 saturated carbocycles. The van der Waals surface area contributed by atoms with Gasteiger partial charge >= 0.3 is 0 Å². The van der Waals surface area contributed by atoms with Gasteiger partial charge in [0.2, 0.25) is 0 Å². The van der Waals surface area contributed by atoms with Crippen LogP contribution in [0.25, 0.3) is 82.1 Å². The van der Waals surface area contributed by atoms with E-state index in [4.69, 9.17) is 6.57 Å². The van der Waals surface area contributed by atoms with Crippen LogP contribution in [0.1, 0.15) is 11.1 Å². The van der Waals surface area contributed by atoms with Crippen molar-refractivity contribution in [1.82, 2.24) is 9.13 Å². The third kappa shape index (κ3) is 4.38. The summed E-state index contributed by atoms with van der Waals surface area (Å²) in [7, 11) is 0. The molecule has 0 amide bonds. The molecule has 50 heavy (non-hydrogen) atoms. The molecule has 5 nitrogen and oxygen atoms in total. The molecular formula is C45H25N5. The Hall–Kier alpha value is -7.39. The van der Waals surface area contributed by atoms with E-state index in [9.17, 15) is 10.5 Å². The lowest BCUT2D eigenvalue weighted by atomic mass is 9.95. The lowest BCUT2D eigenvalue weighted by molar-refractivity contribution is 1.18. The Kier molecular flexibility index (Phi) is 6.56. The Morgan fingerprint density at radius 3 is 1.68 bits per heavy atom. The topological polar surface area (TPSA) is 61.8 Å². The summed E-state index contributed by atoms with van der Waals surface area (Å²) in [6.45, 7) is 8.08. The zero-order valence-corrected chi connectivity index (χ0v) is 26.7. The summed E-state index contributed by atoms with van der Waals surface area (Å²) in [5.74, 6) is 0. The zero-order valence-electron chi connectivity index (χ0n) is 26.7. The summed E-state index contributed by atoms with van der Waals surface area (Å²) in [6.07, 6.45) is 0. The van der Waals surface area contributed by atoms with Crippen LogP contribution in [0, 0.1) is 29.2 Å². The number of para-hydroxylation sites is 3. The van der Waals surface area contributed by atoms with Gasteiger partial charge in [0, 0.05) is 32.8 Å². The Morgan fingerprint density at radius 2 is 1.02 bits per heavy atom. The van der Waals surface area contributed by atoms with Gasteiger partial charge in [0.25, 0.3) is 0 Å². The maximum atomic E-state index is 9.98. The molecule has 2 heterocycles. The highest BCUT2D eigenvalue weighted by Crippen LogP contribution is 2.41. The molecule has 0 saturated heterocycles. The summed E-state index contributed by atoms with van der Waals surface area (Å²) in [6, 6.07) is 55.4. The first-order valence-corrected chi connectivity index (χ1v) is 16.3. The van der Waals surface area contributed by atoms with Crippen molar-refractivity contribution in [1.29, 1.82) is 10.5 Å². The van der Waals surface area contributed by atoms with E-state index >= 15 is 0 Å². The predicted molar refractivity (Wildman–Crippen MR) is 202 cm³/mol. The SMILES string of the molecule is [C-]#[N+]c1ccc(-n2c3ccccc3c3ccccc32)cc1-c1cccc(-c2cc(C#N)ccc2-n2c3ccccc3c3cc(C#N)ccc32)c1. The second-order valence-corrected chi connectivity index (χ2v) is 12.3. The molecule has 0 aliphatic heterocycles. The van der Waals surface area contributed by atoms with E-state index in [0.29, 0.717) is 16.8 Å². The van der Waals surface area contributed by atoms with Gasteiger partial charge in [0.15, 0.2) is 5.69 Å². The lowest BCUT2D eigenvalue weighted by Crippen LogP contribution is -1.98. The van der Waals surface area contributed by atoms with Gasteiger partial charge in [-0.3, -0.25) is 0 Å². The van der Waals surface area contributed by atoms with E-state index in [1.165, 1.54) is 10.8 Å². The van der Waals surface area contributed by atoms with Crippen molar-refractivity contribution in [3.05, 3.63) is 174 Å². The number of rotatable bonds is 4. The average molecular weight is 636 g/mol. The lowest BCUT2D eigenvalue weighted by Gasteiger charge is -2.16. The van der Waals surface area contributed by atoms with Gasteiger partial charge in [-0.2, -0.15) is 10.5 Å². The minimum absolute atomic E-state index is 0.553. The Balaban J connectivity index is 1.26. The maximum absolute atomic E-state index is 9.98.